The Morgan fingerprint density at radius 1 is 1.18 bits per heavy atom. The molecule has 1 aromatic carbocycles. The molecule has 1 aliphatic heterocycles. The molecule has 1 fully saturated rings. The first-order valence-electron chi connectivity index (χ1n) is 8.04. The van der Waals surface area contributed by atoms with Crippen molar-refractivity contribution in [3.8, 4) is 6.07 Å². The fraction of sp³-hybridized carbons (Fsp3) is 0.474. The van der Waals surface area contributed by atoms with Crippen LogP contribution in [-0.2, 0) is 10.2 Å². The van der Waals surface area contributed by atoms with Crippen LogP contribution in [0.25, 0.3) is 5.57 Å². The van der Waals surface area contributed by atoms with E-state index in [2.05, 4.69) is 11.0 Å². The van der Waals surface area contributed by atoms with Crippen LogP contribution in [0.1, 0.15) is 50.7 Å². The summed E-state index contributed by atoms with van der Waals surface area (Å²) in [7, 11) is 0. The van der Waals surface area contributed by atoms with Crippen molar-refractivity contribution in [1.29, 1.82) is 5.26 Å². The van der Waals surface area contributed by atoms with E-state index < -0.39 is 5.41 Å². The Balaban J connectivity index is 1.83. The molecule has 114 valence electrons. The van der Waals surface area contributed by atoms with Crippen LogP contribution >= 0.6 is 0 Å². The molecule has 3 nitrogen and oxygen atoms in total. The highest BCUT2D eigenvalue weighted by Crippen LogP contribution is 2.31. The number of benzene rings is 1. The average molecular weight is 294 g/mol. The Hall–Kier alpha value is -2.08. The SMILES string of the molecule is CC(C)(C#N)c1ccc(C2=CN(C3CCCC3)CC2=O)cc1. The number of carbonyl (C=O) groups is 1. The van der Waals surface area contributed by atoms with Crippen LogP contribution in [0.15, 0.2) is 30.5 Å². The number of ketones is 1. The molecule has 0 N–H and O–H groups in total. The molecule has 0 radical (unpaired) electrons. The van der Waals surface area contributed by atoms with Gasteiger partial charge >= 0.3 is 0 Å². The van der Waals surface area contributed by atoms with Gasteiger partial charge < -0.3 is 4.90 Å². The molecular formula is C19H22N2O. The molecule has 1 aliphatic carbocycles. The van der Waals surface area contributed by atoms with Crippen LogP contribution in [0.3, 0.4) is 0 Å². The number of hydrogen-bond acceptors (Lipinski definition) is 3. The first-order valence-corrected chi connectivity index (χ1v) is 8.04. The minimum Gasteiger partial charge on any atom is -0.366 e. The van der Waals surface area contributed by atoms with Crippen molar-refractivity contribution >= 4 is 11.4 Å². The van der Waals surface area contributed by atoms with Crippen LogP contribution in [-0.4, -0.2) is 23.3 Å². The van der Waals surface area contributed by atoms with Crippen molar-refractivity contribution < 1.29 is 4.79 Å². The van der Waals surface area contributed by atoms with Gasteiger partial charge in [-0.25, -0.2) is 0 Å². The summed E-state index contributed by atoms with van der Waals surface area (Å²) in [5.74, 6) is 0.208. The first kappa shape index (κ1) is 14.8. The Morgan fingerprint density at radius 3 is 2.41 bits per heavy atom. The highest BCUT2D eigenvalue weighted by molar-refractivity contribution is 6.23. The Labute approximate surface area is 132 Å². The van der Waals surface area contributed by atoms with Crippen molar-refractivity contribution in [2.45, 2.75) is 51.0 Å². The summed E-state index contributed by atoms with van der Waals surface area (Å²) in [6, 6.07) is 10.7. The van der Waals surface area contributed by atoms with E-state index in [4.69, 9.17) is 0 Å². The summed E-state index contributed by atoms with van der Waals surface area (Å²) in [5.41, 5.74) is 2.26. The number of hydrogen-bond donors (Lipinski definition) is 0. The number of carbonyl (C=O) groups excluding carboxylic acids is 1. The van der Waals surface area contributed by atoms with Gasteiger partial charge in [-0.2, -0.15) is 5.26 Å². The lowest BCUT2D eigenvalue weighted by molar-refractivity contribution is -0.113. The molecule has 0 bridgehead atoms. The van der Waals surface area contributed by atoms with E-state index in [1.807, 2.05) is 44.3 Å². The summed E-state index contributed by atoms with van der Waals surface area (Å²) in [6.45, 7) is 4.33. The van der Waals surface area contributed by atoms with Crippen LogP contribution < -0.4 is 0 Å². The number of rotatable bonds is 3. The summed E-state index contributed by atoms with van der Waals surface area (Å²) >= 11 is 0. The van der Waals surface area contributed by atoms with Gasteiger partial charge in [0.05, 0.1) is 18.0 Å². The van der Waals surface area contributed by atoms with Crippen molar-refractivity contribution in [1.82, 2.24) is 4.90 Å². The predicted molar refractivity (Wildman–Crippen MR) is 87.0 cm³/mol. The topological polar surface area (TPSA) is 44.1 Å². The molecule has 1 heterocycles. The second-order valence-electron chi connectivity index (χ2n) is 6.89. The minimum absolute atomic E-state index is 0.208. The largest absolute Gasteiger partial charge is 0.366 e. The summed E-state index contributed by atoms with van der Waals surface area (Å²) in [6.07, 6.45) is 6.99. The van der Waals surface area contributed by atoms with Gasteiger partial charge in [0, 0.05) is 17.8 Å². The highest BCUT2D eigenvalue weighted by Gasteiger charge is 2.29. The van der Waals surface area contributed by atoms with E-state index >= 15 is 0 Å². The van der Waals surface area contributed by atoms with Gasteiger partial charge in [-0.05, 0) is 37.8 Å². The highest BCUT2D eigenvalue weighted by atomic mass is 16.1. The van der Waals surface area contributed by atoms with E-state index in [9.17, 15) is 10.1 Å². The standard InChI is InChI=1S/C19H22N2O/c1-19(2,13-20)15-9-7-14(8-10-15)17-11-21(12-18(17)22)16-5-3-4-6-16/h7-11,16H,3-6,12H2,1-2H3. The van der Waals surface area contributed by atoms with E-state index in [-0.39, 0.29) is 5.78 Å². The average Bonchev–Trinajstić information content (AvgIpc) is 3.16. The maximum absolute atomic E-state index is 12.3. The summed E-state index contributed by atoms with van der Waals surface area (Å²) < 4.78 is 0. The molecule has 22 heavy (non-hydrogen) atoms. The molecule has 0 amide bonds. The molecule has 3 heteroatoms. The monoisotopic (exact) mass is 294 g/mol. The van der Waals surface area contributed by atoms with Crippen molar-refractivity contribution in [3.63, 3.8) is 0 Å². The molecule has 3 rings (SSSR count). The Morgan fingerprint density at radius 2 is 1.82 bits per heavy atom. The van der Waals surface area contributed by atoms with E-state index in [1.54, 1.807) is 0 Å². The van der Waals surface area contributed by atoms with E-state index in [0.717, 1.165) is 16.7 Å². The van der Waals surface area contributed by atoms with Crippen LogP contribution in [0.4, 0.5) is 0 Å². The molecule has 0 spiro atoms. The third-order valence-corrected chi connectivity index (χ3v) is 4.91. The van der Waals surface area contributed by atoms with Gasteiger partial charge in [-0.3, -0.25) is 4.79 Å². The molecule has 2 aliphatic rings. The zero-order chi connectivity index (χ0) is 15.7. The third kappa shape index (κ3) is 2.66. The maximum atomic E-state index is 12.3. The van der Waals surface area contributed by atoms with Crippen molar-refractivity contribution in [2.75, 3.05) is 6.54 Å². The van der Waals surface area contributed by atoms with Gasteiger partial charge in [0.1, 0.15) is 0 Å². The molecular weight excluding hydrogens is 272 g/mol. The summed E-state index contributed by atoms with van der Waals surface area (Å²) in [4.78, 5) is 14.5. The number of nitrogens with zero attached hydrogens (tertiary/aromatic N) is 2. The van der Waals surface area contributed by atoms with Gasteiger partial charge in [0.2, 0.25) is 0 Å². The second-order valence-corrected chi connectivity index (χ2v) is 6.89. The minimum atomic E-state index is -0.498. The van der Waals surface area contributed by atoms with Gasteiger partial charge in [-0.1, -0.05) is 37.1 Å². The lowest BCUT2D eigenvalue weighted by Gasteiger charge is -2.22. The molecule has 1 saturated carbocycles. The third-order valence-electron chi connectivity index (χ3n) is 4.91. The lowest BCUT2D eigenvalue weighted by atomic mass is 9.85. The Kier molecular flexibility index (Phi) is 3.78. The van der Waals surface area contributed by atoms with Crippen molar-refractivity contribution in [3.05, 3.63) is 41.6 Å². The van der Waals surface area contributed by atoms with Crippen LogP contribution in [0, 0.1) is 11.3 Å². The summed E-state index contributed by atoms with van der Waals surface area (Å²) in [5, 5.41) is 9.20. The molecule has 0 aromatic heterocycles. The Bertz CT molecular complexity index is 643. The maximum Gasteiger partial charge on any atom is 0.184 e. The zero-order valence-electron chi connectivity index (χ0n) is 13.3. The predicted octanol–water partition coefficient (Wildman–Crippen LogP) is 3.66. The second kappa shape index (κ2) is 5.61. The zero-order valence-corrected chi connectivity index (χ0v) is 13.3. The molecule has 0 saturated heterocycles. The van der Waals surface area contributed by atoms with E-state index in [0.29, 0.717) is 12.6 Å². The van der Waals surface area contributed by atoms with E-state index in [1.165, 1.54) is 25.7 Å². The fourth-order valence-electron chi connectivity index (χ4n) is 3.37. The molecule has 0 unspecified atom stereocenters. The first-order chi connectivity index (χ1) is 10.5. The van der Waals surface area contributed by atoms with Gasteiger partial charge in [-0.15, -0.1) is 0 Å². The molecule has 0 atom stereocenters. The quantitative estimate of drug-likeness (QED) is 0.854. The number of nitriles is 1. The van der Waals surface area contributed by atoms with Gasteiger partial charge in [0.25, 0.3) is 0 Å². The fourth-order valence-corrected chi connectivity index (χ4v) is 3.37. The van der Waals surface area contributed by atoms with Gasteiger partial charge in [0.15, 0.2) is 5.78 Å². The number of Topliss-reactive ketones (excluding diaryl/α,β-unsaturated/α-hetero) is 1. The molecule has 1 aromatic rings. The lowest BCUT2D eigenvalue weighted by Crippen LogP contribution is -2.28. The van der Waals surface area contributed by atoms with Crippen LogP contribution in [0.2, 0.25) is 0 Å². The van der Waals surface area contributed by atoms with Crippen molar-refractivity contribution in [2.24, 2.45) is 0 Å². The normalized spacial score (nSPS) is 19.4. The van der Waals surface area contributed by atoms with Crippen LogP contribution in [0.5, 0.6) is 0 Å². The smallest absolute Gasteiger partial charge is 0.184 e.